The second-order valence-electron chi connectivity index (χ2n) is 10.1. The number of hydrogen-bond donors (Lipinski definition) is 3. The Hall–Kier alpha value is -2.89. The van der Waals surface area contributed by atoms with Crippen molar-refractivity contribution >= 4 is 58.4 Å². The van der Waals surface area contributed by atoms with Crippen LogP contribution in [0.2, 0.25) is 0 Å². The molecule has 0 aliphatic carbocycles. The lowest BCUT2D eigenvalue weighted by molar-refractivity contribution is -0.122. The van der Waals surface area contributed by atoms with E-state index < -0.39 is 10.4 Å². The molecule has 1 aromatic heterocycles. The van der Waals surface area contributed by atoms with E-state index in [0.29, 0.717) is 43.4 Å². The van der Waals surface area contributed by atoms with E-state index in [0.717, 1.165) is 21.8 Å². The number of carbonyl (C=O) groups excluding carboxylic acids is 2. The molecule has 2 atom stereocenters. The normalized spacial score (nSPS) is 16.1. The van der Waals surface area contributed by atoms with Crippen LogP contribution >= 0.6 is 35.0 Å². The lowest BCUT2D eigenvalue weighted by atomic mass is 10.1. The Bertz CT molecular complexity index is 1320. The molecule has 1 fully saturated rings. The minimum Gasteiger partial charge on any atom is -0.395 e. The molecule has 41 heavy (non-hydrogen) atoms. The van der Waals surface area contributed by atoms with Crippen molar-refractivity contribution in [2.45, 2.75) is 29.1 Å². The number of aromatic nitrogens is 2. The first-order chi connectivity index (χ1) is 19.6. The van der Waals surface area contributed by atoms with Gasteiger partial charge in [-0.25, -0.2) is 9.97 Å². The largest absolute Gasteiger partial charge is 0.395 e. The van der Waals surface area contributed by atoms with Crippen molar-refractivity contribution in [3.05, 3.63) is 66.4 Å². The summed E-state index contributed by atoms with van der Waals surface area (Å²) < 4.78 is 0. The number of amides is 2. The first-order valence-corrected chi connectivity index (χ1v) is 15.1. The fraction of sp³-hybridized carbons (Fsp3) is 0.379. The van der Waals surface area contributed by atoms with Crippen LogP contribution in [0.15, 0.2) is 65.7 Å². The second-order valence-corrected chi connectivity index (χ2v) is 12.7. The highest BCUT2D eigenvalue weighted by atomic mass is 35.5. The van der Waals surface area contributed by atoms with Crippen molar-refractivity contribution in [3.8, 4) is 11.3 Å². The number of rotatable bonds is 11. The predicted octanol–water partition coefficient (Wildman–Crippen LogP) is 4.43. The van der Waals surface area contributed by atoms with E-state index in [1.807, 2.05) is 54.3 Å². The van der Waals surface area contributed by atoms with Crippen LogP contribution in [0.4, 0.5) is 11.6 Å². The lowest BCUT2D eigenvalue weighted by Gasteiger charge is -2.34. The SMILES string of the molecule is CC(Cl)NC(=O)CN1CCN(C(=O)c2ccc(Nc3nccc(-c4ccc(SCC(C)(Cl)CO)cc4)n3)cc2)CC1. The predicted molar refractivity (Wildman–Crippen MR) is 165 cm³/mol. The van der Waals surface area contributed by atoms with Gasteiger partial charge < -0.3 is 20.6 Å². The van der Waals surface area contributed by atoms with Crippen LogP contribution in [0.25, 0.3) is 11.3 Å². The zero-order valence-electron chi connectivity index (χ0n) is 23.0. The standard InChI is InChI=1S/C29H34Cl2N6O3S/c1-20(30)33-26(39)17-36-13-15-37(16-14-36)27(40)22-3-7-23(8-4-22)34-28-32-12-11-25(35-28)21-5-9-24(10-6-21)41-19-29(2,31)18-38/h3-12,20,38H,13-19H2,1-2H3,(H,33,39)(H,32,34,35). The zero-order valence-corrected chi connectivity index (χ0v) is 25.3. The number of piperazine rings is 1. The van der Waals surface area contributed by atoms with Crippen molar-refractivity contribution in [2.75, 3.05) is 50.4 Å². The first kappa shape index (κ1) is 31.1. The van der Waals surface area contributed by atoms with Crippen molar-refractivity contribution in [3.63, 3.8) is 0 Å². The molecule has 9 nitrogen and oxygen atoms in total. The average Bonchev–Trinajstić information content (AvgIpc) is 2.96. The van der Waals surface area contributed by atoms with Gasteiger partial charge in [0.15, 0.2) is 0 Å². The number of halogens is 2. The Morgan fingerprint density at radius 3 is 2.39 bits per heavy atom. The van der Waals surface area contributed by atoms with Crippen LogP contribution in [0.1, 0.15) is 24.2 Å². The molecule has 2 unspecified atom stereocenters. The van der Waals surface area contributed by atoms with Gasteiger partial charge in [0.05, 0.1) is 23.7 Å². The number of nitrogens with zero attached hydrogens (tertiary/aromatic N) is 4. The highest BCUT2D eigenvalue weighted by molar-refractivity contribution is 7.99. The molecule has 0 radical (unpaired) electrons. The van der Waals surface area contributed by atoms with Crippen molar-refractivity contribution in [1.82, 2.24) is 25.1 Å². The van der Waals surface area contributed by atoms with Crippen LogP contribution in [-0.2, 0) is 4.79 Å². The summed E-state index contributed by atoms with van der Waals surface area (Å²) in [4.78, 5) is 38.2. The summed E-state index contributed by atoms with van der Waals surface area (Å²) in [7, 11) is 0. The van der Waals surface area contributed by atoms with Gasteiger partial charge in [-0.05, 0) is 56.3 Å². The number of alkyl halides is 2. The Labute approximate surface area is 254 Å². The van der Waals surface area contributed by atoms with Gasteiger partial charge in [0.25, 0.3) is 5.91 Å². The van der Waals surface area contributed by atoms with Crippen molar-refractivity contribution in [1.29, 1.82) is 0 Å². The maximum absolute atomic E-state index is 13.0. The number of carbonyl (C=O) groups is 2. The molecule has 12 heteroatoms. The molecule has 0 bridgehead atoms. The summed E-state index contributed by atoms with van der Waals surface area (Å²) in [5.41, 5.74) is 2.68. The van der Waals surface area contributed by atoms with Gasteiger partial charge >= 0.3 is 0 Å². The maximum atomic E-state index is 13.0. The summed E-state index contributed by atoms with van der Waals surface area (Å²) in [5, 5.41) is 15.2. The van der Waals surface area contributed by atoms with E-state index in [1.165, 1.54) is 0 Å². The topological polar surface area (TPSA) is 111 Å². The number of aliphatic hydroxyl groups is 1. The monoisotopic (exact) mass is 616 g/mol. The zero-order chi connectivity index (χ0) is 29.4. The first-order valence-electron chi connectivity index (χ1n) is 13.3. The van der Waals surface area contributed by atoms with E-state index in [-0.39, 0.29) is 25.0 Å². The summed E-state index contributed by atoms with van der Waals surface area (Å²) in [6.07, 6.45) is 1.70. The highest BCUT2D eigenvalue weighted by Crippen LogP contribution is 2.28. The molecule has 1 aliphatic heterocycles. The fourth-order valence-corrected chi connectivity index (χ4v) is 5.34. The molecular formula is C29H34Cl2N6O3S. The molecule has 3 aromatic rings. The van der Waals surface area contributed by atoms with E-state index in [4.69, 9.17) is 23.2 Å². The maximum Gasteiger partial charge on any atom is 0.253 e. The Balaban J connectivity index is 1.30. The highest BCUT2D eigenvalue weighted by Gasteiger charge is 2.24. The van der Waals surface area contributed by atoms with Crippen LogP contribution in [0, 0.1) is 0 Å². The van der Waals surface area contributed by atoms with Gasteiger partial charge in [-0.2, -0.15) is 0 Å². The second kappa shape index (κ2) is 14.3. The Kier molecular flexibility index (Phi) is 10.9. The van der Waals surface area contributed by atoms with E-state index in [9.17, 15) is 14.7 Å². The molecule has 218 valence electrons. The molecule has 2 amide bonds. The van der Waals surface area contributed by atoms with E-state index in [1.54, 1.807) is 41.9 Å². The number of benzene rings is 2. The minimum atomic E-state index is -0.651. The van der Waals surface area contributed by atoms with Gasteiger partial charge in [0.1, 0.15) is 5.50 Å². The average molecular weight is 618 g/mol. The van der Waals surface area contributed by atoms with Gasteiger partial charge in [-0.1, -0.05) is 23.7 Å². The van der Waals surface area contributed by atoms with Gasteiger partial charge in [0.2, 0.25) is 11.9 Å². The van der Waals surface area contributed by atoms with Gasteiger partial charge in [0, 0.05) is 59.8 Å². The minimum absolute atomic E-state index is 0.0399. The summed E-state index contributed by atoms with van der Waals surface area (Å²) in [6.45, 7) is 6.07. The molecule has 1 aliphatic rings. The van der Waals surface area contributed by atoms with Crippen LogP contribution in [0.5, 0.6) is 0 Å². The number of anilines is 2. The molecule has 2 aromatic carbocycles. The number of nitrogens with one attached hydrogen (secondary N) is 2. The third-order valence-corrected chi connectivity index (χ3v) is 8.36. The van der Waals surface area contributed by atoms with Crippen molar-refractivity contribution in [2.24, 2.45) is 0 Å². The van der Waals surface area contributed by atoms with Gasteiger partial charge in [-0.3, -0.25) is 14.5 Å². The molecule has 0 spiro atoms. The van der Waals surface area contributed by atoms with Crippen LogP contribution in [0.3, 0.4) is 0 Å². The van der Waals surface area contributed by atoms with Gasteiger partial charge in [-0.15, -0.1) is 23.4 Å². The third kappa shape index (κ3) is 9.31. The van der Waals surface area contributed by atoms with E-state index in [2.05, 4.69) is 20.6 Å². The summed E-state index contributed by atoms with van der Waals surface area (Å²) in [5.74, 6) is 0.890. The van der Waals surface area contributed by atoms with Crippen LogP contribution < -0.4 is 10.6 Å². The Morgan fingerprint density at radius 1 is 1.07 bits per heavy atom. The molecule has 4 rings (SSSR count). The number of thioether (sulfide) groups is 1. The summed E-state index contributed by atoms with van der Waals surface area (Å²) >= 11 is 13.6. The lowest BCUT2D eigenvalue weighted by Crippen LogP contribution is -2.51. The molecule has 3 N–H and O–H groups in total. The van der Waals surface area contributed by atoms with Crippen molar-refractivity contribution < 1.29 is 14.7 Å². The Morgan fingerprint density at radius 2 is 1.76 bits per heavy atom. The molecule has 0 saturated carbocycles. The quantitative estimate of drug-likeness (QED) is 0.165. The summed E-state index contributed by atoms with van der Waals surface area (Å²) in [6, 6.07) is 17.1. The van der Waals surface area contributed by atoms with Crippen LogP contribution in [-0.4, -0.2) is 92.1 Å². The third-order valence-electron chi connectivity index (χ3n) is 6.45. The van der Waals surface area contributed by atoms with E-state index >= 15 is 0 Å². The number of hydrogen-bond acceptors (Lipinski definition) is 8. The fourth-order valence-electron chi connectivity index (χ4n) is 4.17. The molecule has 1 saturated heterocycles. The molecular weight excluding hydrogens is 583 g/mol. The number of aliphatic hydroxyl groups excluding tert-OH is 1. The molecule has 2 heterocycles. The smallest absolute Gasteiger partial charge is 0.253 e.